The predicted octanol–water partition coefficient (Wildman–Crippen LogP) is 4.95. The maximum absolute atomic E-state index is 9.99. The van der Waals surface area contributed by atoms with Crippen LogP contribution in [0.3, 0.4) is 0 Å². The molecule has 0 radical (unpaired) electrons. The summed E-state index contributed by atoms with van der Waals surface area (Å²) >= 11 is 0. The topological polar surface area (TPSA) is 77.4 Å². The van der Waals surface area contributed by atoms with Gasteiger partial charge < -0.3 is 29.2 Å². The van der Waals surface area contributed by atoms with E-state index in [0.717, 1.165) is 10.8 Å². The summed E-state index contributed by atoms with van der Waals surface area (Å²) in [4.78, 5) is 0. The molecule has 2 N–H and O–H groups in total. The van der Waals surface area contributed by atoms with E-state index >= 15 is 0 Å². The molecule has 3 aromatic rings. The third-order valence-corrected chi connectivity index (χ3v) is 5.55. The Hall–Kier alpha value is -2.80. The SMILES string of the molecule is CC(O)C(C)Oc1cccc2c(OC(OC(C)C(C)O)C(C)Oc3ccccc3)cccc12. The minimum absolute atomic E-state index is 0.359. The van der Waals surface area contributed by atoms with Crippen molar-refractivity contribution >= 4 is 10.8 Å². The maximum atomic E-state index is 9.99. The van der Waals surface area contributed by atoms with E-state index in [1.165, 1.54) is 0 Å². The van der Waals surface area contributed by atoms with Gasteiger partial charge in [-0.15, -0.1) is 0 Å². The van der Waals surface area contributed by atoms with Crippen LogP contribution >= 0.6 is 0 Å². The van der Waals surface area contributed by atoms with Crippen LogP contribution < -0.4 is 14.2 Å². The number of fused-ring (bicyclic) bond motifs is 1. The molecular formula is C27H34O6. The molecule has 0 aromatic heterocycles. The Bertz CT molecular complexity index is 1000. The molecule has 0 aliphatic heterocycles. The number of ether oxygens (including phenoxy) is 4. The minimum Gasteiger partial charge on any atom is -0.487 e. The van der Waals surface area contributed by atoms with E-state index in [1.807, 2.05) is 80.6 Å². The molecule has 3 rings (SSSR count). The van der Waals surface area contributed by atoms with E-state index in [9.17, 15) is 10.2 Å². The molecule has 0 spiro atoms. The number of para-hydroxylation sites is 1. The first kappa shape index (κ1) is 24.8. The molecule has 0 bridgehead atoms. The van der Waals surface area contributed by atoms with Crippen LogP contribution in [-0.4, -0.2) is 47.0 Å². The van der Waals surface area contributed by atoms with Crippen LogP contribution in [0, 0.1) is 0 Å². The van der Waals surface area contributed by atoms with Gasteiger partial charge in [0.1, 0.15) is 23.4 Å². The van der Waals surface area contributed by atoms with E-state index < -0.39 is 30.7 Å². The molecule has 0 aliphatic rings. The second-order valence-electron chi connectivity index (χ2n) is 8.38. The van der Waals surface area contributed by atoms with Gasteiger partial charge in [0.05, 0.1) is 18.3 Å². The van der Waals surface area contributed by atoms with Crippen LogP contribution in [0.1, 0.15) is 34.6 Å². The standard InChI is InChI=1S/C27H34O6/c1-17(28)19(3)31-25-15-9-14-24-23(25)13-10-16-26(24)33-27(32-20(4)18(2)29)21(5)30-22-11-7-6-8-12-22/h6-21,27-29H,1-5H3. The summed E-state index contributed by atoms with van der Waals surface area (Å²) in [6.45, 7) is 8.87. The molecule has 0 amide bonds. The van der Waals surface area contributed by atoms with Crippen LogP contribution in [0.15, 0.2) is 66.7 Å². The smallest absolute Gasteiger partial charge is 0.237 e. The van der Waals surface area contributed by atoms with E-state index in [1.54, 1.807) is 20.8 Å². The quantitative estimate of drug-likeness (QED) is 0.400. The van der Waals surface area contributed by atoms with Crippen molar-refractivity contribution in [1.29, 1.82) is 0 Å². The molecule has 0 heterocycles. The fourth-order valence-corrected chi connectivity index (χ4v) is 3.21. The van der Waals surface area contributed by atoms with Crippen molar-refractivity contribution in [2.24, 2.45) is 0 Å². The van der Waals surface area contributed by atoms with Gasteiger partial charge in [-0.25, -0.2) is 0 Å². The van der Waals surface area contributed by atoms with E-state index in [2.05, 4.69) is 0 Å². The molecule has 178 valence electrons. The van der Waals surface area contributed by atoms with Crippen molar-refractivity contribution in [3.05, 3.63) is 66.7 Å². The molecule has 6 heteroatoms. The highest BCUT2D eigenvalue weighted by molar-refractivity contribution is 5.93. The molecule has 6 atom stereocenters. The van der Waals surface area contributed by atoms with Crippen molar-refractivity contribution in [2.75, 3.05) is 0 Å². The first-order chi connectivity index (χ1) is 15.8. The first-order valence-electron chi connectivity index (χ1n) is 11.3. The van der Waals surface area contributed by atoms with Gasteiger partial charge in [0.15, 0.2) is 6.10 Å². The summed E-state index contributed by atoms with van der Waals surface area (Å²) in [6, 6.07) is 20.9. The molecule has 0 fully saturated rings. The van der Waals surface area contributed by atoms with Crippen LogP contribution in [0.2, 0.25) is 0 Å². The zero-order valence-corrected chi connectivity index (χ0v) is 19.8. The number of hydrogen-bond donors (Lipinski definition) is 2. The fourth-order valence-electron chi connectivity index (χ4n) is 3.21. The average Bonchev–Trinajstić information content (AvgIpc) is 2.79. The van der Waals surface area contributed by atoms with E-state index in [4.69, 9.17) is 18.9 Å². The van der Waals surface area contributed by atoms with Crippen LogP contribution in [0.25, 0.3) is 10.8 Å². The average molecular weight is 455 g/mol. The Balaban J connectivity index is 1.90. The molecule has 0 saturated heterocycles. The lowest BCUT2D eigenvalue weighted by Crippen LogP contribution is -2.41. The maximum Gasteiger partial charge on any atom is 0.237 e. The van der Waals surface area contributed by atoms with Crippen molar-refractivity contribution in [3.63, 3.8) is 0 Å². The second-order valence-corrected chi connectivity index (χ2v) is 8.38. The normalized spacial score (nSPS) is 16.9. The lowest BCUT2D eigenvalue weighted by Gasteiger charge is -2.30. The third-order valence-electron chi connectivity index (χ3n) is 5.55. The van der Waals surface area contributed by atoms with Gasteiger partial charge in [-0.1, -0.05) is 42.5 Å². The molecule has 0 saturated carbocycles. The first-order valence-corrected chi connectivity index (χ1v) is 11.3. The summed E-state index contributed by atoms with van der Waals surface area (Å²) < 4.78 is 24.4. The van der Waals surface area contributed by atoms with Gasteiger partial charge in [-0.05, 0) is 58.9 Å². The predicted molar refractivity (Wildman–Crippen MR) is 129 cm³/mol. The highest BCUT2D eigenvalue weighted by atomic mass is 16.7. The molecular weight excluding hydrogens is 420 g/mol. The molecule has 33 heavy (non-hydrogen) atoms. The Morgan fingerprint density at radius 1 is 0.545 bits per heavy atom. The van der Waals surface area contributed by atoms with Gasteiger partial charge in [-0.3, -0.25) is 0 Å². The summed E-state index contributed by atoms with van der Waals surface area (Å²) in [5.41, 5.74) is 0. The van der Waals surface area contributed by atoms with Gasteiger partial charge in [0.25, 0.3) is 0 Å². The summed E-state index contributed by atoms with van der Waals surface area (Å²) in [7, 11) is 0. The lowest BCUT2D eigenvalue weighted by molar-refractivity contribution is -0.176. The van der Waals surface area contributed by atoms with Gasteiger partial charge in [0, 0.05) is 10.8 Å². The van der Waals surface area contributed by atoms with E-state index in [0.29, 0.717) is 17.2 Å². The van der Waals surface area contributed by atoms with E-state index in [-0.39, 0.29) is 6.10 Å². The number of benzene rings is 3. The third kappa shape index (κ3) is 6.60. The number of aliphatic hydroxyl groups excluding tert-OH is 2. The monoisotopic (exact) mass is 454 g/mol. The van der Waals surface area contributed by atoms with Gasteiger partial charge in [-0.2, -0.15) is 0 Å². The highest BCUT2D eigenvalue weighted by Crippen LogP contribution is 2.34. The van der Waals surface area contributed by atoms with Crippen LogP contribution in [0.5, 0.6) is 17.2 Å². The fraction of sp³-hybridized carbons (Fsp3) is 0.407. The van der Waals surface area contributed by atoms with Crippen molar-refractivity contribution in [2.45, 2.75) is 71.4 Å². The summed E-state index contributed by atoms with van der Waals surface area (Å²) in [5, 5.41) is 21.5. The summed E-state index contributed by atoms with van der Waals surface area (Å²) in [6.07, 6.45) is -3.33. The second kappa shape index (κ2) is 11.4. The molecule has 0 aliphatic carbocycles. The van der Waals surface area contributed by atoms with Gasteiger partial charge in [0.2, 0.25) is 6.29 Å². The number of aliphatic hydroxyl groups is 2. The molecule has 6 unspecified atom stereocenters. The molecule has 3 aromatic carbocycles. The minimum atomic E-state index is -0.777. The lowest BCUT2D eigenvalue weighted by atomic mass is 10.1. The van der Waals surface area contributed by atoms with Crippen molar-refractivity contribution in [3.8, 4) is 17.2 Å². The zero-order valence-electron chi connectivity index (χ0n) is 19.8. The van der Waals surface area contributed by atoms with Crippen LogP contribution in [-0.2, 0) is 4.74 Å². The van der Waals surface area contributed by atoms with Crippen molar-refractivity contribution in [1.82, 2.24) is 0 Å². The van der Waals surface area contributed by atoms with Gasteiger partial charge >= 0.3 is 0 Å². The largest absolute Gasteiger partial charge is 0.487 e. The molecule has 6 nitrogen and oxygen atoms in total. The zero-order chi connectivity index (χ0) is 24.0. The van der Waals surface area contributed by atoms with Crippen molar-refractivity contribution < 1.29 is 29.2 Å². The Morgan fingerprint density at radius 2 is 1.09 bits per heavy atom. The summed E-state index contributed by atoms with van der Waals surface area (Å²) in [5.74, 6) is 1.97. The Kier molecular flexibility index (Phi) is 8.55. The Morgan fingerprint density at radius 3 is 1.64 bits per heavy atom. The highest BCUT2D eigenvalue weighted by Gasteiger charge is 2.27. The number of hydrogen-bond acceptors (Lipinski definition) is 6. The number of rotatable bonds is 11. The Labute approximate surface area is 195 Å². The van der Waals surface area contributed by atoms with Crippen LogP contribution in [0.4, 0.5) is 0 Å².